The minimum absolute atomic E-state index is 0.0302. The number of hydrazone groups is 1. The van der Waals surface area contributed by atoms with E-state index in [0.29, 0.717) is 11.3 Å². The number of methoxy groups -OCH3 is 1. The summed E-state index contributed by atoms with van der Waals surface area (Å²) in [5.41, 5.74) is 3.23. The highest BCUT2D eigenvalue weighted by molar-refractivity contribution is 7.92. The number of carboxylic acids is 1. The Hall–Kier alpha value is -4.18. The summed E-state index contributed by atoms with van der Waals surface area (Å²) >= 11 is 0. The first-order valence-corrected chi connectivity index (χ1v) is 11.1. The van der Waals surface area contributed by atoms with Gasteiger partial charge in [-0.15, -0.1) is 0 Å². The van der Waals surface area contributed by atoms with Crippen LogP contribution in [0.25, 0.3) is 0 Å². The molecule has 0 spiro atoms. The Morgan fingerprint density at radius 2 is 1.73 bits per heavy atom. The molecule has 33 heavy (non-hydrogen) atoms. The van der Waals surface area contributed by atoms with Crippen LogP contribution in [-0.2, 0) is 14.8 Å². The highest BCUT2D eigenvalue weighted by Gasteiger charge is 2.27. The smallest absolute Gasteiger partial charge is 0.335 e. The van der Waals surface area contributed by atoms with E-state index in [1.807, 2.05) is 0 Å². The van der Waals surface area contributed by atoms with Gasteiger partial charge in [0.15, 0.2) is 0 Å². The molecule has 9 nitrogen and oxygen atoms in total. The van der Waals surface area contributed by atoms with E-state index in [1.165, 1.54) is 55.8 Å². The van der Waals surface area contributed by atoms with E-state index in [0.717, 1.165) is 4.31 Å². The topological polar surface area (TPSA) is 125 Å². The molecule has 0 aromatic heterocycles. The fraction of sp³-hybridized carbons (Fsp3) is 0.0870. The number of sulfonamides is 1. The predicted molar refractivity (Wildman–Crippen MR) is 123 cm³/mol. The van der Waals surface area contributed by atoms with Gasteiger partial charge in [0.1, 0.15) is 12.3 Å². The summed E-state index contributed by atoms with van der Waals surface area (Å²) in [5.74, 6) is -1.29. The largest absolute Gasteiger partial charge is 0.497 e. The molecule has 0 aliphatic carbocycles. The van der Waals surface area contributed by atoms with E-state index >= 15 is 0 Å². The van der Waals surface area contributed by atoms with Gasteiger partial charge in [-0.2, -0.15) is 5.10 Å². The molecule has 0 aliphatic heterocycles. The number of amides is 1. The van der Waals surface area contributed by atoms with Crippen molar-refractivity contribution >= 4 is 33.8 Å². The number of hydrogen-bond acceptors (Lipinski definition) is 6. The minimum atomic E-state index is -4.05. The van der Waals surface area contributed by atoms with E-state index < -0.39 is 28.4 Å². The molecule has 0 fully saturated rings. The van der Waals surface area contributed by atoms with Crippen molar-refractivity contribution in [3.63, 3.8) is 0 Å². The van der Waals surface area contributed by atoms with Gasteiger partial charge in [-0.3, -0.25) is 9.10 Å². The van der Waals surface area contributed by atoms with Gasteiger partial charge in [0.05, 0.1) is 29.5 Å². The Balaban J connectivity index is 1.81. The number of carboxylic acid groups (broad SMARTS) is 1. The first-order valence-electron chi connectivity index (χ1n) is 9.68. The van der Waals surface area contributed by atoms with Gasteiger partial charge in [0.25, 0.3) is 15.9 Å². The molecule has 3 aromatic rings. The summed E-state index contributed by atoms with van der Waals surface area (Å²) in [6.45, 7) is -0.528. The summed E-state index contributed by atoms with van der Waals surface area (Å²) in [4.78, 5) is 23.5. The van der Waals surface area contributed by atoms with E-state index in [1.54, 1.807) is 36.4 Å². The first kappa shape index (κ1) is 23.5. The summed E-state index contributed by atoms with van der Waals surface area (Å²) in [6, 6.07) is 20.0. The molecule has 0 heterocycles. The highest BCUT2D eigenvalue weighted by atomic mass is 32.2. The van der Waals surface area contributed by atoms with Crippen LogP contribution in [0.5, 0.6) is 5.75 Å². The normalized spacial score (nSPS) is 11.2. The molecule has 0 saturated carbocycles. The van der Waals surface area contributed by atoms with Crippen LogP contribution in [0, 0.1) is 0 Å². The Labute approximate surface area is 191 Å². The summed E-state index contributed by atoms with van der Waals surface area (Å²) in [7, 11) is -2.60. The third-order valence-electron chi connectivity index (χ3n) is 4.52. The monoisotopic (exact) mass is 467 g/mol. The van der Waals surface area contributed by atoms with Gasteiger partial charge >= 0.3 is 5.97 Å². The van der Waals surface area contributed by atoms with Crippen LogP contribution in [0.3, 0.4) is 0 Å². The number of aromatic carboxylic acids is 1. The molecule has 0 aliphatic rings. The maximum Gasteiger partial charge on any atom is 0.335 e. The number of ether oxygens (including phenoxy) is 1. The summed E-state index contributed by atoms with van der Waals surface area (Å²) in [6.07, 6.45) is 1.32. The van der Waals surface area contributed by atoms with Crippen LogP contribution in [-0.4, -0.2) is 45.3 Å². The maximum atomic E-state index is 13.3. The zero-order chi connectivity index (χ0) is 23.8. The van der Waals surface area contributed by atoms with Gasteiger partial charge < -0.3 is 9.84 Å². The minimum Gasteiger partial charge on any atom is -0.497 e. The number of benzene rings is 3. The van der Waals surface area contributed by atoms with E-state index in [4.69, 9.17) is 9.84 Å². The Bertz CT molecular complexity index is 1260. The zero-order valence-corrected chi connectivity index (χ0v) is 18.4. The van der Waals surface area contributed by atoms with Gasteiger partial charge in [-0.25, -0.2) is 18.6 Å². The molecule has 0 unspecified atom stereocenters. The van der Waals surface area contributed by atoms with Crippen molar-refractivity contribution in [1.29, 1.82) is 0 Å². The quantitative estimate of drug-likeness (QED) is 0.368. The number of hydrogen-bond donors (Lipinski definition) is 2. The average Bonchev–Trinajstić information content (AvgIpc) is 2.83. The van der Waals surface area contributed by atoms with Gasteiger partial charge in [-0.05, 0) is 42.0 Å². The van der Waals surface area contributed by atoms with E-state index in [2.05, 4.69) is 10.5 Å². The van der Waals surface area contributed by atoms with Crippen molar-refractivity contribution in [3.8, 4) is 5.75 Å². The molecular weight excluding hydrogens is 446 g/mol. The van der Waals surface area contributed by atoms with Gasteiger partial charge in [0.2, 0.25) is 0 Å². The first-order chi connectivity index (χ1) is 15.8. The number of nitrogens with zero attached hydrogens (tertiary/aromatic N) is 2. The lowest BCUT2D eigenvalue weighted by atomic mass is 10.1. The number of carbonyl (C=O) groups is 2. The Morgan fingerprint density at radius 1 is 1.03 bits per heavy atom. The van der Waals surface area contributed by atoms with Crippen LogP contribution in [0.2, 0.25) is 0 Å². The van der Waals surface area contributed by atoms with E-state index in [9.17, 15) is 18.0 Å². The van der Waals surface area contributed by atoms with Crippen molar-refractivity contribution in [3.05, 3.63) is 90.0 Å². The number of carbonyl (C=O) groups excluding carboxylic acids is 1. The lowest BCUT2D eigenvalue weighted by molar-refractivity contribution is -0.119. The summed E-state index contributed by atoms with van der Waals surface area (Å²) < 4.78 is 32.7. The molecule has 0 saturated heterocycles. The second-order valence-corrected chi connectivity index (χ2v) is 8.61. The predicted octanol–water partition coefficient (Wildman–Crippen LogP) is 2.74. The van der Waals surface area contributed by atoms with Gasteiger partial charge in [0, 0.05) is 6.07 Å². The molecule has 10 heteroatoms. The maximum absolute atomic E-state index is 13.3. The Kier molecular flexibility index (Phi) is 7.42. The Morgan fingerprint density at radius 3 is 2.36 bits per heavy atom. The second-order valence-electron chi connectivity index (χ2n) is 6.75. The van der Waals surface area contributed by atoms with Crippen LogP contribution < -0.4 is 14.5 Å². The molecule has 3 rings (SSSR count). The zero-order valence-electron chi connectivity index (χ0n) is 17.6. The molecule has 0 atom stereocenters. The van der Waals surface area contributed by atoms with E-state index in [-0.39, 0.29) is 16.1 Å². The van der Waals surface area contributed by atoms with Crippen molar-refractivity contribution in [2.45, 2.75) is 4.90 Å². The molecule has 0 bridgehead atoms. The van der Waals surface area contributed by atoms with Gasteiger partial charge in [-0.1, -0.05) is 36.4 Å². The van der Waals surface area contributed by atoms with Crippen LogP contribution in [0.4, 0.5) is 5.69 Å². The molecule has 1 amide bonds. The molecule has 2 N–H and O–H groups in total. The van der Waals surface area contributed by atoms with Crippen LogP contribution in [0.15, 0.2) is 88.9 Å². The molecule has 170 valence electrons. The number of anilines is 1. The standard InChI is InChI=1S/C23H21N3O6S/c1-32-20-7-5-6-19(14-20)26(33(30,31)21-8-3-2-4-9-21)16-22(27)25-24-15-17-10-12-18(13-11-17)23(28)29/h2-15H,16H2,1H3,(H,25,27)(H,28,29)/b24-15-. The van der Waals surface area contributed by atoms with Crippen molar-refractivity contribution in [1.82, 2.24) is 5.43 Å². The number of rotatable bonds is 9. The SMILES string of the molecule is COc1cccc(N(CC(=O)N/N=C\c2ccc(C(=O)O)cc2)S(=O)(=O)c2ccccc2)c1. The average molecular weight is 468 g/mol. The fourth-order valence-corrected chi connectivity index (χ4v) is 4.29. The third-order valence-corrected chi connectivity index (χ3v) is 6.31. The van der Waals surface area contributed by atoms with Crippen molar-refractivity contribution in [2.24, 2.45) is 5.10 Å². The molecule has 3 aromatic carbocycles. The van der Waals surface area contributed by atoms with Crippen LogP contribution in [0.1, 0.15) is 15.9 Å². The number of nitrogens with one attached hydrogen (secondary N) is 1. The van der Waals surface area contributed by atoms with Crippen molar-refractivity contribution in [2.75, 3.05) is 18.0 Å². The molecule has 0 radical (unpaired) electrons. The highest BCUT2D eigenvalue weighted by Crippen LogP contribution is 2.26. The lowest BCUT2D eigenvalue weighted by Crippen LogP contribution is -2.39. The second kappa shape index (κ2) is 10.4. The van der Waals surface area contributed by atoms with Crippen LogP contribution >= 0.6 is 0 Å². The molecular formula is C23H21N3O6S. The third kappa shape index (κ3) is 5.95. The lowest BCUT2D eigenvalue weighted by Gasteiger charge is -2.24. The fourth-order valence-electron chi connectivity index (χ4n) is 2.86. The van der Waals surface area contributed by atoms with Crippen molar-refractivity contribution < 1.29 is 27.9 Å². The summed E-state index contributed by atoms with van der Waals surface area (Å²) in [5, 5.41) is 12.8.